The lowest BCUT2D eigenvalue weighted by Gasteiger charge is -2.37. The molecule has 0 bridgehead atoms. The maximum atomic E-state index is 15.2. The van der Waals surface area contributed by atoms with Crippen LogP contribution in [0, 0.1) is 11.6 Å². The molecule has 1 N–H and O–H groups in total. The fourth-order valence-corrected chi connectivity index (χ4v) is 4.71. The highest BCUT2D eigenvalue weighted by Gasteiger charge is 2.36. The van der Waals surface area contributed by atoms with Crippen LogP contribution in [0.15, 0.2) is 49.1 Å². The second-order valence-corrected chi connectivity index (χ2v) is 9.23. The van der Waals surface area contributed by atoms with Crippen LogP contribution in [0.3, 0.4) is 0 Å². The van der Waals surface area contributed by atoms with Crippen LogP contribution in [-0.4, -0.2) is 87.7 Å². The number of amides is 3. The Morgan fingerprint density at radius 3 is 2.54 bits per heavy atom. The van der Waals surface area contributed by atoms with Crippen LogP contribution in [0.1, 0.15) is 17.3 Å². The highest BCUT2D eigenvalue weighted by Crippen LogP contribution is 2.32. The number of hydrogen-bond acceptors (Lipinski definition) is 8. The van der Waals surface area contributed by atoms with Crippen molar-refractivity contribution < 1.29 is 27.9 Å². The molecule has 0 spiro atoms. The molecule has 3 aromatic rings. The number of nitrogens with zero attached hydrogens (tertiary/aromatic N) is 7. The molecule has 2 atom stereocenters. The van der Waals surface area contributed by atoms with Crippen molar-refractivity contribution in [1.82, 2.24) is 30.2 Å². The molecule has 0 aliphatic carbocycles. The minimum absolute atomic E-state index is 0.0355. The molecule has 0 saturated carbocycles. The van der Waals surface area contributed by atoms with Crippen molar-refractivity contribution in [1.29, 1.82) is 0 Å². The van der Waals surface area contributed by atoms with Crippen LogP contribution in [-0.2, 0) is 16.1 Å². The first-order chi connectivity index (χ1) is 18.8. The van der Waals surface area contributed by atoms with Gasteiger partial charge in [-0.1, -0.05) is 5.21 Å². The molecule has 2 fully saturated rings. The first-order valence-corrected chi connectivity index (χ1v) is 12.4. The molecule has 2 saturated heterocycles. The van der Waals surface area contributed by atoms with Crippen molar-refractivity contribution >= 4 is 29.3 Å². The summed E-state index contributed by atoms with van der Waals surface area (Å²) in [7, 11) is 0. The summed E-state index contributed by atoms with van der Waals surface area (Å²) in [6.07, 6.45) is 5.35. The van der Waals surface area contributed by atoms with E-state index in [0.29, 0.717) is 5.56 Å². The highest BCUT2D eigenvalue weighted by molar-refractivity contribution is 5.97. The van der Waals surface area contributed by atoms with E-state index >= 15 is 8.78 Å². The Morgan fingerprint density at radius 1 is 1.15 bits per heavy atom. The van der Waals surface area contributed by atoms with E-state index in [1.165, 1.54) is 26.9 Å². The number of nitrogens with one attached hydrogen (secondary N) is 1. The molecule has 204 valence electrons. The number of ether oxygens (including phenoxy) is 1. The van der Waals surface area contributed by atoms with E-state index in [1.54, 1.807) is 36.4 Å². The molecular formula is C25H26F2N8O4. The van der Waals surface area contributed by atoms with Gasteiger partial charge in [0.2, 0.25) is 5.91 Å². The lowest BCUT2D eigenvalue weighted by atomic mass is 10.1. The molecule has 2 aliphatic rings. The van der Waals surface area contributed by atoms with Gasteiger partial charge < -0.3 is 19.9 Å². The van der Waals surface area contributed by atoms with E-state index in [0.717, 1.165) is 12.1 Å². The maximum Gasteiger partial charge on any atom is 0.414 e. The number of piperazine rings is 1. The number of benzene rings is 1. The molecule has 4 heterocycles. The summed E-state index contributed by atoms with van der Waals surface area (Å²) in [5, 5.41) is 10.2. The quantitative estimate of drug-likeness (QED) is 0.477. The zero-order chi connectivity index (χ0) is 27.5. The van der Waals surface area contributed by atoms with Crippen LogP contribution in [0.25, 0.3) is 0 Å². The van der Waals surface area contributed by atoms with Gasteiger partial charge in [-0.3, -0.25) is 24.2 Å². The minimum atomic E-state index is -0.832. The zero-order valence-corrected chi connectivity index (χ0v) is 21.0. The predicted octanol–water partition coefficient (Wildman–Crippen LogP) is 1.44. The number of halogens is 2. The summed E-state index contributed by atoms with van der Waals surface area (Å²) in [5.41, 5.74) is 0.140. The molecular weight excluding hydrogens is 514 g/mol. The standard InChI is InChI=1S/C25H26F2N8O4/c1-16(30-23(36)17-3-2-4-28-13-17)24(37)33-9-7-32(8-10-33)22-20(26)11-18(12-21(22)27)35-19(15-39-25(35)38)14-34-6-5-29-31-34/h2-6,11-13,16,19H,7-10,14-15H2,1H3,(H,30,36)/t16-,19?/m0/s1. The van der Waals surface area contributed by atoms with E-state index in [1.807, 2.05) is 0 Å². The van der Waals surface area contributed by atoms with Crippen molar-refractivity contribution in [3.05, 3.63) is 66.3 Å². The second kappa shape index (κ2) is 11.0. The largest absolute Gasteiger partial charge is 0.447 e. The average molecular weight is 541 g/mol. The first kappa shape index (κ1) is 26.0. The fourth-order valence-electron chi connectivity index (χ4n) is 4.71. The van der Waals surface area contributed by atoms with E-state index < -0.39 is 35.7 Å². The Bertz CT molecular complexity index is 1330. The molecule has 3 amide bonds. The Morgan fingerprint density at radius 2 is 1.90 bits per heavy atom. The lowest BCUT2D eigenvalue weighted by molar-refractivity contribution is -0.133. The van der Waals surface area contributed by atoms with Gasteiger partial charge in [-0.2, -0.15) is 0 Å². The minimum Gasteiger partial charge on any atom is -0.447 e. The first-order valence-electron chi connectivity index (χ1n) is 12.4. The van der Waals surface area contributed by atoms with Crippen molar-refractivity contribution in [2.45, 2.75) is 25.6 Å². The lowest BCUT2D eigenvalue weighted by Crippen LogP contribution is -2.54. The third-order valence-electron chi connectivity index (χ3n) is 6.66. The number of carbonyl (C=O) groups is 3. The van der Waals surface area contributed by atoms with Gasteiger partial charge >= 0.3 is 6.09 Å². The Labute approximate surface area is 222 Å². The predicted molar refractivity (Wildman–Crippen MR) is 134 cm³/mol. The van der Waals surface area contributed by atoms with Gasteiger partial charge in [0.25, 0.3) is 5.91 Å². The monoisotopic (exact) mass is 540 g/mol. The fraction of sp³-hybridized carbons (Fsp3) is 0.360. The molecule has 5 rings (SSSR count). The molecule has 2 aliphatic heterocycles. The van der Waals surface area contributed by atoms with Crippen LogP contribution < -0.4 is 15.1 Å². The van der Waals surface area contributed by atoms with Crippen molar-refractivity contribution in [3.8, 4) is 0 Å². The Hall–Kier alpha value is -4.62. The highest BCUT2D eigenvalue weighted by atomic mass is 19.1. The Balaban J connectivity index is 1.22. The van der Waals surface area contributed by atoms with E-state index in [4.69, 9.17) is 4.74 Å². The zero-order valence-electron chi connectivity index (χ0n) is 21.0. The number of pyridine rings is 1. The number of carbonyl (C=O) groups excluding carboxylic acids is 3. The molecule has 2 aromatic heterocycles. The van der Waals surface area contributed by atoms with Gasteiger partial charge in [0.15, 0.2) is 11.6 Å². The van der Waals surface area contributed by atoms with Crippen LogP contribution in [0.4, 0.5) is 25.0 Å². The SMILES string of the molecule is C[C@H](NC(=O)c1cccnc1)C(=O)N1CCN(c2c(F)cc(N3C(=O)OCC3Cn3ccnn3)cc2F)CC1. The maximum absolute atomic E-state index is 15.2. The number of cyclic esters (lactones) is 1. The number of rotatable bonds is 7. The van der Waals surface area contributed by atoms with Gasteiger partial charge in [0, 0.05) is 56.9 Å². The summed E-state index contributed by atoms with van der Waals surface area (Å²) in [4.78, 5) is 45.7. The van der Waals surface area contributed by atoms with Crippen LogP contribution >= 0.6 is 0 Å². The topological polar surface area (TPSA) is 126 Å². The number of anilines is 2. The van der Waals surface area contributed by atoms with Crippen LogP contribution in [0.2, 0.25) is 0 Å². The Kier molecular flexibility index (Phi) is 7.34. The molecule has 14 heteroatoms. The number of aromatic nitrogens is 4. The smallest absolute Gasteiger partial charge is 0.414 e. The molecule has 0 radical (unpaired) electrons. The van der Waals surface area contributed by atoms with Crippen molar-refractivity contribution in [3.63, 3.8) is 0 Å². The van der Waals surface area contributed by atoms with E-state index in [-0.39, 0.29) is 56.6 Å². The van der Waals surface area contributed by atoms with Crippen molar-refractivity contribution in [2.75, 3.05) is 42.6 Å². The van der Waals surface area contributed by atoms with E-state index in [2.05, 4.69) is 20.6 Å². The van der Waals surface area contributed by atoms with E-state index in [9.17, 15) is 14.4 Å². The summed E-state index contributed by atoms with van der Waals surface area (Å²) in [5.74, 6) is -2.38. The molecule has 1 unspecified atom stereocenters. The van der Waals surface area contributed by atoms with Gasteiger partial charge in [-0.05, 0) is 19.1 Å². The average Bonchev–Trinajstić information content (AvgIpc) is 3.58. The third-order valence-corrected chi connectivity index (χ3v) is 6.66. The normalized spacial score (nSPS) is 18.2. The van der Waals surface area contributed by atoms with Crippen molar-refractivity contribution in [2.24, 2.45) is 0 Å². The third kappa shape index (κ3) is 5.49. The summed E-state index contributed by atoms with van der Waals surface area (Å²) >= 11 is 0. The van der Waals surface area contributed by atoms with Gasteiger partial charge in [0.05, 0.1) is 30.0 Å². The molecule has 1 aromatic carbocycles. The number of hydrogen-bond donors (Lipinski definition) is 1. The summed E-state index contributed by atoms with van der Waals surface area (Å²) in [6.45, 7) is 2.66. The summed E-state index contributed by atoms with van der Waals surface area (Å²) in [6, 6.07) is 4.12. The van der Waals surface area contributed by atoms with Gasteiger partial charge in [-0.25, -0.2) is 13.6 Å². The van der Waals surface area contributed by atoms with Crippen LogP contribution in [0.5, 0.6) is 0 Å². The van der Waals surface area contributed by atoms with Gasteiger partial charge in [0.1, 0.15) is 18.3 Å². The summed E-state index contributed by atoms with van der Waals surface area (Å²) < 4.78 is 37.1. The molecule has 12 nitrogen and oxygen atoms in total. The second-order valence-electron chi connectivity index (χ2n) is 9.23. The molecule has 39 heavy (non-hydrogen) atoms. The van der Waals surface area contributed by atoms with Gasteiger partial charge in [-0.15, -0.1) is 5.10 Å².